The number of ether oxygens (including phenoxy) is 1. The van der Waals surface area contributed by atoms with E-state index in [1.807, 2.05) is 12.1 Å². The van der Waals surface area contributed by atoms with E-state index in [2.05, 4.69) is 10.1 Å². The zero-order valence-corrected chi connectivity index (χ0v) is 11.0. The number of hydrogen-bond donors (Lipinski definition) is 1. The Morgan fingerprint density at radius 3 is 2.56 bits per heavy atom. The zero-order chi connectivity index (χ0) is 12.3. The van der Waals surface area contributed by atoms with Crippen LogP contribution >= 0.6 is 12.4 Å². The summed E-state index contributed by atoms with van der Waals surface area (Å²) in [6.07, 6.45) is 0.573. The first-order chi connectivity index (χ1) is 8.22. The average Bonchev–Trinajstić information content (AvgIpc) is 2.39. The number of benzene rings is 1. The van der Waals surface area contributed by atoms with Crippen molar-refractivity contribution in [1.29, 1.82) is 0 Å². The van der Waals surface area contributed by atoms with Gasteiger partial charge in [-0.25, -0.2) is 4.79 Å². The molecular weight excluding hydrogens is 254 g/mol. The smallest absolute Gasteiger partial charge is 0.337 e. The van der Waals surface area contributed by atoms with E-state index < -0.39 is 0 Å². The number of piperidine rings is 1. The molecule has 0 spiro atoms. The van der Waals surface area contributed by atoms with Crippen LogP contribution in [0, 0.1) is 0 Å². The summed E-state index contributed by atoms with van der Waals surface area (Å²) in [6, 6.07) is 7.04. The molecule has 0 aromatic heterocycles. The number of carbonyl (C=O) groups is 2. The highest BCUT2D eigenvalue weighted by Crippen LogP contribution is 2.20. The summed E-state index contributed by atoms with van der Waals surface area (Å²) in [4.78, 5) is 23.0. The Morgan fingerprint density at radius 2 is 2.00 bits per heavy atom. The quantitative estimate of drug-likeness (QED) is 0.828. The summed E-state index contributed by atoms with van der Waals surface area (Å²) in [6.45, 7) is 1.44. The normalized spacial score (nSPS) is 18.9. The fraction of sp³-hybridized carbons (Fsp3) is 0.385. The third-order valence-corrected chi connectivity index (χ3v) is 3.02. The molecule has 0 amide bonds. The number of esters is 1. The van der Waals surface area contributed by atoms with Crippen molar-refractivity contribution in [2.24, 2.45) is 0 Å². The lowest BCUT2D eigenvalue weighted by molar-refractivity contribution is -0.121. The van der Waals surface area contributed by atoms with Gasteiger partial charge in [0.1, 0.15) is 5.78 Å². The van der Waals surface area contributed by atoms with Crippen molar-refractivity contribution >= 4 is 24.2 Å². The van der Waals surface area contributed by atoms with Crippen LogP contribution in [0.25, 0.3) is 0 Å². The van der Waals surface area contributed by atoms with Gasteiger partial charge in [0.15, 0.2) is 0 Å². The molecule has 1 fully saturated rings. The van der Waals surface area contributed by atoms with Crippen molar-refractivity contribution in [2.75, 3.05) is 20.2 Å². The number of Topliss-reactive ketones (excluding diaryl/α,β-unsaturated/α-hetero) is 1. The van der Waals surface area contributed by atoms with Crippen LogP contribution in [0.4, 0.5) is 0 Å². The molecule has 1 aliphatic rings. The Hall–Kier alpha value is -1.39. The minimum Gasteiger partial charge on any atom is -0.465 e. The first-order valence-electron chi connectivity index (χ1n) is 5.64. The monoisotopic (exact) mass is 269 g/mol. The summed E-state index contributed by atoms with van der Waals surface area (Å²) in [7, 11) is 1.35. The van der Waals surface area contributed by atoms with Gasteiger partial charge in [0.05, 0.1) is 18.6 Å². The van der Waals surface area contributed by atoms with Crippen LogP contribution in [-0.2, 0) is 9.53 Å². The number of methoxy groups -OCH3 is 1. The molecule has 18 heavy (non-hydrogen) atoms. The van der Waals surface area contributed by atoms with E-state index in [0.29, 0.717) is 18.5 Å². The molecule has 2 rings (SSSR count). The van der Waals surface area contributed by atoms with Gasteiger partial charge in [0.2, 0.25) is 0 Å². The van der Waals surface area contributed by atoms with E-state index in [-0.39, 0.29) is 30.1 Å². The average molecular weight is 270 g/mol. The molecule has 1 N–H and O–H groups in total. The minimum atomic E-state index is -0.357. The van der Waals surface area contributed by atoms with Crippen LogP contribution in [-0.4, -0.2) is 32.0 Å². The molecule has 1 unspecified atom stereocenters. The molecule has 0 radical (unpaired) electrons. The molecule has 0 aliphatic carbocycles. The summed E-state index contributed by atoms with van der Waals surface area (Å²) in [5, 5.41) is 3.20. The maximum absolute atomic E-state index is 11.7. The van der Waals surface area contributed by atoms with Crippen molar-refractivity contribution in [3.05, 3.63) is 35.4 Å². The lowest BCUT2D eigenvalue weighted by Crippen LogP contribution is -2.35. The van der Waals surface area contributed by atoms with Gasteiger partial charge in [0, 0.05) is 19.5 Å². The maximum Gasteiger partial charge on any atom is 0.337 e. The molecule has 1 saturated heterocycles. The summed E-state index contributed by atoms with van der Waals surface area (Å²) in [5.74, 6) is -0.185. The van der Waals surface area contributed by atoms with Gasteiger partial charge in [-0.3, -0.25) is 4.79 Å². The van der Waals surface area contributed by atoms with E-state index in [1.165, 1.54) is 7.11 Å². The first-order valence-corrected chi connectivity index (χ1v) is 5.64. The topological polar surface area (TPSA) is 55.4 Å². The highest BCUT2D eigenvalue weighted by Gasteiger charge is 2.23. The Bertz CT molecular complexity index is 430. The zero-order valence-electron chi connectivity index (χ0n) is 10.1. The van der Waals surface area contributed by atoms with Crippen LogP contribution in [0.3, 0.4) is 0 Å². The summed E-state index contributed by atoms with van der Waals surface area (Å²) >= 11 is 0. The maximum atomic E-state index is 11.7. The second-order valence-electron chi connectivity index (χ2n) is 4.09. The Balaban J connectivity index is 0.00000162. The van der Waals surface area contributed by atoms with Crippen LogP contribution < -0.4 is 5.32 Å². The van der Waals surface area contributed by atoms with Crippen molar-refractivity contribution < 1.29 is 14.3 Å². The Kier molecular flexibility index (Phi) is 5.31. The molecule has 0 bridgehead atoms. The van der Waals surface area contributed by atoms with Crippen molar-refractivity contribution in [1.82, 2.24) is 5.32 Å². The molecule has 0 saturated carbocycles. The molecule has 1 heterocycles. The number of ketones is 1. The van der Waals surface area contributed by atoms with Gasteiger partial charge in [-0.05, 0) is 17.7 Å². The molecule has 1 aromatic rings. The third-order valence-electron chi connectivity index (χ3n) is 3.02. The van der Waals surface area contributed by atoms with Crippen molar-refractivity contribution in [3.8, 4) is 0 Å². The van der Waals surface area contributed by atoms with Crippen LogP contribution in [0.15, 0.2) is 24.3 Å². The molecule has 4 nitrogen and oxygen atoms in total. The number of nitrogens with one attached hydrogen (secondary N) is 1. The van der Waals surface area contributed by atoms with Gasteiger partial charge in [-0.2, -0.15) is 0 Å². The van der Waals surface area contributed by atoms with Gasteiger partial charge in [-0.1, -0.05) is 12.1 Å². The van der Waals surface area contributed by atoms with E-state index in [0.717, 1.165) is 12.1 Å². The Labute approximate surface area is 112 Å². The highest BCUT2D eigenvalue weighted by atomic mass is 35.5. The largest absolute Gasteiger partial charge is 0.465 e. The fourth-order valence-corrected chi connectivity index (χ4v) is 2.02. The summed E-state index contributed by atoms with van der Waals surface area (Å²) in [5.41, 5.74) is 1.46. The van der Waals surface area contributed by atoms with Gasteiger partial charge in [0.25, 0.3) is 0 Å². The first kappa shape index (κ1) is 14.7. The van der Waals surface area contributed by atoms with Gasteiger partial charge >= 0.3 is 5.97 Å². The lowest BCUT2D eigenvalue weighted by atomic mass is 9.90. The van der Waals surface area contributed by atoms with Gasteiger partial charge < -0.3 is 10.1 Å². The second-order valence-corrected chi connectivity index (χ2v) is 4.09. The molecule has 1 aromatic carbocycles. The van der Waals surface area contributed by atoms with Crippen LogP contribution in [0.2, 0.25) is 0 Å². The van der Waals surface area contributed by atoms with Gasteiger partial charge in [-0.15, -0.1) is 12.4 Å². The highest BCUT2D eigenvalue weighted by molar-refractivity contribution is 5.90. The van der Waals surface area contributed by atoms with Crippen molar-refractivity contribution in [2.45, 2.75) is 12.3 Å². The standard InChI is InChI=1S/C13H15NO3.ClH/c1-17-13(16)10-4-2-9(3-5-10)11-8-14-7-6-12(11)15;/h2-5,11,14H,6-8H2,1H3;1H. The molecule has 5 heteroatoms. The summed E-state index contributed by atoms with van der Waals surface area (Å²) < 4.78 is 4.62. The van der Waals surface area contributed by atoms with E-state index in [9.17, 15) is 9.59 Å². The molecule has 1 aliphatic heterocycles. The molecule has 98 valence electrons. The van der Waals surface area contributed by atoms with Crippen LogP contribution in [0.1, 0.15) is 28.3 Å². The van der Waals surface area contributed by atoms with Crippen molar-refractivity contribution in [3.63, 3.8) is 0 Å². The number of carbonyl (C=O) groups excluding carboxylic acids is 2. The Morgan fingerprint density at radius 1 is 1.33 bits per heavy atom. The molecule has 1 atom stereocenters. The van der Waals surface area contributed by atoms with E-state index in [4.69, 9.17) is 0 Å². The number of halogens is 1. The predicted molar refractivity (Wildman–Crippen MR) is 70.3 cm³/mol. The van der Waals surface area contributed by atoms with Crippen LogP contribution in [0.5, 0.6) is 0 Å². The van der Waals surface area contributed by atoms with E-state index in [1.54, 1.807) is 12.1 Å². The second kappa shape index (κ2) is 6.52. The molecular formula is C13H16ClNO3. The van der Waals surface area contributed by atoms with E-state index >= 15 is 0 Å². The fourth-order valence-electron chi connectivity index (χ4n) is 2.02. The third kappa shape index (κ3) is 3.09. The number of hydrogen-bond acceptors (Lipinski definition) is 4. The predicted octanol–water partition coefficient (Wildman–Crippen LogP) is 1.54. The SMILES string of the molecule is COC(=O)c1ccc(C2CNCCC2=O)cc1.Cl. The minimum absolute atomic E-state index is 0. The lowest BCUT2D eigenvalue weighted by Gasteiger charge is -2.21. The number of rotatable bonds is 2.